The molecule has 1 atom stereocenters. The summed E-state index contributed by atoms with van der Waals surface area (Å²) in [4.78, 5) is 4.53. The van der Waals surface area contributed by atoms with Crippen molar-refractivity contribution in [3.8, 4) is 0 Å². The molecule has 3 rings (SSSR count). The number of rotatable bonds is 7. The number of methoxy groups -OCH3 is 1. The van der Waals surface area contributed by atoms with Crippen LogP contribution < -0.4 is 5.32 Å². The van der Waals surface area contributed by atoms with Gasteiger partial charge >= 0.3 is 0 Å². The molecule has 0 radical (unpaired) electrons. The van der Waals surface area contributed by atoms with Gasteiger partial charge in [-0.2, -0.15) is 4.37 Å². The Labute approximate surface area is 133 Å². The molecule has 112 valence electrons. The van der Waals surface area contributed by atoms with Crippen LogP contribution in [0.4, 0.5) is 5.13 Å². The molecule has 1 unspecified atom stereocenters. The number of halogens is 1. The van der Waals surface area contributed by atoms with Crippen molar-refractivity contribution in [2.24, 2.45) is 5.92 Å². The molecule has 1 heterocycles. The van der Waals surface area contributed by atoms with Crippen molar-refractivity contribution in [2.75, 3.05) is 19.0 Å². The highest BCUT2D eigenvalue weighted by atomic mass is 35.5. The minimum absolute atomic E-state index is 0.297. The van der Waals surface area contributed by atoms with Crippen LogP contribution in [0.15, 0.2) is 24.3 Å². The first-order valence-corrected chi connectivity index (χ1v) is 8.25. The van der Waals surface area contributed by atoms with E-state index in [2.05, 4.69) is 26.8 Å². The molecule has 4 nitrogen and oxygen atoms in total. The number of nitrogens with one attached hydrogen (secondary N) is 1. The van der Waals surface area contributed by atoms with E-state index in [4.69, 9.17) is 16.3 Å². The number of anilines is 1. The molecule has 1 aliphatic carbocycles. The minimum Gasteiger partial charge on any atom is -0.384 e. The molecular weight excluding hydrogens is 306 g/mol. The average Bonchev–Trinajstić information content (AvgIpc) is 3.24. The number of aromatic nitrogens is 2. The van der Waals surface area contributed by atoms with Gasteiger partial charge in [-0.15, -0.1) is 0 Å². The Morgan fingerprint density at radius 2 is 2.14 bits per heavy atom. The second-order valence-corrected chi connectivity index (χ2v) is 6.46. The van der Waals surface area contributed by atoms with Crippen LogP contribution in [0.3, 0.4) is 0 Å². The summed E-state index contributed by atoms with van der Waals surface area (Å²) in [7, 11) is 1.69. The average molecular weight is 324 g/mol. The van der Waals surface area contributed by atoms with Gasteiger partial charge < -0.3 is 10.1 Å². The fourth-order valence-corrected chi connectivity index (χ4v) is 3.09. The maximum absolute atomic E-state index is 5.97. The maximum Gasteiger partial charge on any atom is 0.203 e. The summed E-state index contributed by atoms with van der Waals surface area (Å²) in [6.45, 7) is 0.652. The van der Waals surface area contributed by atoms with Gasteiger partial charge in [-0.05, 0) is 36.5 Å². The van der Waals surface area contributed by atoms with Gasteiger partial charge in [0.1, 0.15) is 5.82 Å². The Hall–Kier alpha value is -1.17. The first-order valence-electron chi connectivity index (χ1n) is 7.10. The third kappa shape index (κ3) is 3.93. The summed E-state index contributed by atoms with van der Waals surface area (Å²) in [6, 6.07) is 8.36. The van der Waals surface area contributed by atoms with Crippen molar-refractivity contribution >= 4 is 28.3 Å². The largest absolute Gasteiger partial charge is 0.384 e. The van der Waals surface area contributed by atoms with Crippen molar-refractivity contribution < 1.29 is 4.74 Å². The summed E-state index contributed by atoms with van der Waals surface area (Å²) in [5.74, 6) is 1.52. The molecule has 0 spiro atoms. The topological polar surface area (TPSA) is 47.0 Å². The number of hydrogen-bond donors (Lipinski definition) is 1. The Kier molecular flexibility index (Phi) is 4.73. The van der Waals surface area contributed by atoms with Gasteiger partial charge in [0.15, 0.2) is 0 Å². The second kappa shape index (κ2) is 6.73. The predicted octanol–water partition coefficient (Wildman–Crippen LogP) is 3.94. The molecule has 1 aromatic heterocycles. The molecule has 21 heavy (non-hydrogen) atoms. The van der Waals surface area contributed by atoms with Crippen LogP contribution >= 0.6 is 23.1 Å². The SMILES string of the molecule is COCCc1nsc(NC(c2ccc(Cl)cc2)C2CC2)n1. The molecular formula is C15H18ClN3OS. The summed E-state index contributed by atoms with van der Waals surface area (Å²) >= 11 is 7.39. The highest BCUT2D eigenvalue weighted by Gasteiger charge is 2.32. The van der Waals surface area contributed by atoms with E-state index in [0.717, 1.165) is 22.4 Å². The van der Waals surface area contributed by atoms with Crippen LogP contribution in [0, 0.1) is 5.92 Å². The fourth-order valence-electron chi connectivity index (χ4n) is 2.31. The molecule has 0 bridgehead atoms. The van der Waals surface area contributed by atoms with Crippen LogP contribution in [0.2, 0.25) is 5.02 Å². The lowest BCUT2D eigenvalue weighted by molar-refractivity contribution is 0.201. The van der Waals surface area contributed by atoms with E-state index < -0.39 is 0 Å². The van der Waals surface area contributed by atoms with Crippen molar-refractivity contribution in [3.63, 3.8) is 0 Å². The van der Waals surface area contributed by atoms with Crippen LogP contribution in [0.5, 0.6) is 0 Å². The van der Waals surface area contributed by atoms with Crippen LogP contribution in [0.25, 0.3) is 0 Å². The third-order valence-corrected chi connectivity index (χ3v) is 4.54. The van der Waals surface area contributed by atoms with Crippen molar-refractivity contribution in [2.45, 2.75) is 25.3 Å². The first-order chi connectivity index (χ1) is 10.3. The van der Waals surface area contributed by atoms with E-state index in [9.17, 15) is 0 Å². The minimum atomic E-state index is 0.297. The monoisotopic (exact) mass is 323 g/mol. The summed E-state index contributed by atoms with van der Waals surface area (Å²) in [5.41, 5.74) is 1.26. The first kappa shape index (κ1) is 14.8. The van der Waals surface area contributed by atoms with Gasteiger partial charge in [0.2, 0.25) is 5.13 Å². The Morgan fingerprint density at radius 1 is 1.38 bits per heavy atom. The second-order valence-electron chi connectivity index (χ2n) is 5.27. The Bertz CT molecular complexity index is 583. The van der Waals surface area contributed by atoms with Crippen molar-refractivity contribution in [3.05, 3.63) is 40.7 Å². The van der Waals surface area contributed by atoms with Crippen LogP contribution in [-0.4, -0.2) is 23.1 Å². The standard InChI is InChI=1S/C15H18ClN3OS/c1-20-9-8-13-17-15(21-19-13)18-14(10-2-3-10)11-4-6-12(16)7-5-11/h4-7,10,14H,2-3,8-9H2,1H3,(H,17,18,19). The van der Waals surface area contributed by atoms with Gasteiger partial charge in [-0.3, -0.25) is 0 Å². The zero-order valence-electron chi connectivity index (χ0n) is 11.9. The van der Waals surface area contributed by atoms with Crippen LogP contribution in [0.1, 0.15) is 30.3 Å². The van der Waals surface area contributed by atoms with Crippen molar-refractivity contribution in [1.29, 1.82) is 0 Å². The molecule has 1 aromatic carbocycles. The molecule has 0 amide bonds. The third-order valence-electron chi connectivity index (χ3n) is 3.60. The number of benzene rings is 1. The highest BCUT2D eigenvalue weighted by Crippen LogP contribution is 2.43. The normalized spacial score (nSPS) is 15.9. The summed E-state index contributed by atoms with van der Waals surface area (Å²) < 4.78 is 9.42. The Morgan fingerprint density at radius 3 is 2.81 bits per heavy atom. The zero-order chi connectivity index (χ0) is 14.7. The molecule has 1 N–H and O–H groups in total. The molecule has 0 aliphatic heterocycles. The molecule has 0 saturated heterocycles. The quantitative estimate of drug-likeness (QED) is 0.838. The summed E-state index contributed by atoms with van der Waals surface area (Å²) in [5, 5.41) is 5.19. The molecule has 1 saturated carbocycles. The summed E-state index contributed by atoms with van der Waals surface area (Å²) in [6.07, 6.45) is 3.27. The number of ether oxygens (including phenoxy) is 1. The molecule has 1 fully saturated rings. The smallest absolute Gasteiger partial charge is 0.203 e. The maximum atomic E-state index is 5.97. The van der Waals surface area contributed by atoms with Crippen molar-refractivity contribution in [1.82, 2.24) is 9.36 Å². The van der Waals surface area contributed by atoms with E-state index in [1.165, 1.54) is 29.9 Å². The van der Waals surface area contributed by atoms with Gasteiger partial charge in [-0.1, -0.05) is 23.7 Å². The predicted molar refractivity (Wildman–Crippen MR) is 86.0 cm³/mol. The lowest BCUT2D eigenvalue weighted by Crippen LogP contribution is -2.12. The number of nitrogens with zero attached hydrogens (tertiary/aromatic N) is 2. The lowest BCUT2D eigenvalue weighted by Gasteiger charge is -2.17. The molecule has 2 aromatic rings. The van der Waals surface area contributed by atoms with E-state index >= 15 is 0 Å². The zero-order valence-corrected chi connectivity index (χ0v) is 13.5. The Balaban J connectivity index is 1.70. The van der Waals surface area contributed by atoms with E-state index in [-0.39, 0.29) is 0 Å². The van der Waals surface area contributed by atoms with E-state index in [1.54, 1.807) is 7.11 Å². The van der Waals surface area contributed by atoms with E-state index in [0.29, 0.717) is 18.6 Å². The van der Waals surface area contributed by atoms with Gasteiger partial charge in [0, 0.05) is 30.1 Å². The molecule has 6 heteroatoms. The number of hydrogen-bond acceptors (Lipinski definition) is 5. The van der Waals surface area contributed by atoms with E-state index in [1.807, 2.05) is 12.1 Å². The highest BCUT2D eigenvalue weighted by molar-refractivity contribution is 7.09. The fraction of sp³-hybridized carbons (Fsp3) is 0.467. The lowest BCUT2D eigenvalue weighted by atomic mass is 10.0. The van der Waals surface area contributed by atoms with Gasteiger partial charge in [0.05, 0.1) is 12.6 Å². The molecule has 1 aliphatic rings. The van der Waals surface area contributed by atoms with Gasteiger partial charge in [-0.25, -0.2) is 4.98 Å². The van der Waals surface area contributed by atoms with Gasteiger partial charge in [0.25, 0.3) is 0 Å². The van der Waals surface area contributed by atoms with Crippen LogP contribution in [-0.2, 0) is 11.2 Å².